The summed E-state index contributed by atoms with van der Waals surface area (Å²) in [5, 5.41) is 11.2. The second-order valence-corrected chi connectivity index (χ2v) is 9.28. The highest BCUT2D eigenvalue weighted by molar-refractivity contribution is 8.18. The molecule has 2 aliphatic heterocycles. The van der Waals surface area contributed by atoms with Crippen molar-refractivity contribution in [3.05, 3.63) is 69.8 Å². The van der Waals surface area contributed by atoms with Crippen molar-refractivity contribution in [2.24, 2.45) is 0 Å². The van der Waals surface area contributed by atoms with Crippen LogP contribution in [-0.2, 0) is 9.59 Å². The van der Waals surface area contributed by atoms with Crippen LogP contribution in [0.1, 0.15) is 16.1 Å². The van der Waals surface area contributed by atoms with Gasteiger partial charge in [-0.05, 0) is 48.2 Å². The number of fused-ring (bicyclic) bond motifs is 1. The van der Waals surface area contributed by atoms with E-state index in [0.717, 1.165) is 4.90 Å². The standard InChI is InChI=1S/C25H17ClN2O8S/c26-17-9-13(1-4-16(17)24(31)32)18-6-3-15(36-18)11-21-23(30)28(25(33)37-21)12-22(29)27-14-2-5-19-20(10-14)35-8-7-34-19/h1-6,9-11H,7-8,12H2,(H,27,29)(H,31,32)/b21-11-. The molecule has 1 saturated heterocycles. The molecule has 5 rings (SSSR count). The summed E-state index contributed by atoms with van der Waals surface area (Å²) in [5.74, 6) is -0.575. The van der Waals surface area contributed by atoms with Crippen molar-refractivity contribution in [2.45, 2.75) is 0 Å². The first kappa shape index (κ1) is 24.5. The number of benzene rings is 2. The number of aromatic carboxylic acids is 1. The molecule has 0 radical (unpaired) electrons. The number of furan rings is 1. The highest BCUT2D eigenvalue weighted by Gasteiger charge is 2.36. The fourth-order valence-electron chi connectivity index (χ4n) is 3.66. The lowest BCUT2D eigenvalue weighted by Gasteiger charge is -2.19. The van der Waals surface area contributed by atoms with Gasteiger partial charge < -0.3 is 24.3 Å². The molecule has 10 nitrogen and oxygen atoms in total. The van der Waals surface area contributed by atoms with E-state index in [9.17, 15) is 19.2 Å². The summed E-state index contributed by atoms with van der Waals surface area (Å²) in [7, 11) is 0. The van der Waals surface area contributed by atoms with Gasteiger partial charge in [-0.1, -0.05) is 17.7 Å². The van der Waals surface area contributed by atoms with Crippen molar-refractivity contribution >= 4 is 58.1 Å². The topological polar surface area (TPSA) is 135 Å². The van der Waals surface area contributed by atoms with E-state index in [1.54, 1.807) is 36.4 Å². The molecule has 0 saturated carbocycles. The molecular formula is C25H17ClN2O8S. The van der Waals surface area contributed by atoms with Gasteiger partial charge >= 0.3 is 5.97 Å². The number of amides is 3. The van der Waals surface area contributed by atoms with Crippen LogP contribution in [0.25, 0.3) is 17.4 Å². The van der Waals surface area contributed by atoms with Crippen LogP contribution in [0.5, 0.6) is 11.5 Å². The minimum absolute atomic E-state index is 0.0381. The van der Waals surface area contributed by atoms with E-state index in [4.69, 9.17) is 30.6 Å². The summed E-state index contributed by atoms with van der Waals surface area (Å²) in [5.41, 5.74) is 0.943. The van der Waals surface area contributed by atoms with E-state index in [-0.39, 0.29) is 15.5 Å². The zero-order valence-corrected chi connectivity index (χ0v) is 20.4. The normalized spacial score (nSPS) is 15.8. The van der Waals surface area contributed by atoms with Crippen molar-refractivity contribution < 1.29 is 38.2 Å². The van der Waals surface area contributed by atoms with Crippen molar-refractivity contribution in [1.29, 1.82) is 0 Å². The number of thioether (sulfide) groups is 1. The molecule has 12 heteroatoms. The molecule has 1 aromatic heterocycles. The molecule has 3 heterocycles. The lowest BCUT2D eigenvalue weighted by molar-refractivity contribution is -0.127. The third-order valence-electron chi connectivity index (χ3n) is 5.39. The molecule has 1 fully saturated rings. The Kier molecular flexibility index (Phi) is 6.64. The lowest BCUT2D eigenvalue weighted by atomic mass is 10.1. The van der Waals surface area contributed by atoms with Gasteiger partial charge in [-0.3, -0.25) is 19.3 Å². The third-order valence-corrected chi connectivity index (χ3v) is 6.61. The van der Waals surface area contributed by atoms with Crippen LogP contribution in [0.4, 0.5) is 10.5 Å². The fraction of sp³-hybridized carbons (Fsp3) is 0.120. The predicted molar refractivity (Wildman–Crippen MR) is 135 cm³/mol. The number of imide groups is 1. The molecule has 3 aromatic rings. The highest BCUT2D eigenvalue weighted by atomic mass is 35.5. The fourth-order valence-corrected chi connectivity index (χ4v) is 4.74. The Morgan fingerprint density at radius 2 is 1.84 bits per heavy atom. The quantitative estimate of drug-likeness (QED) is 0.425. The van der Waals surface area contributed by atoms with Crippen LogP contribution in [0.2, 0.25) is 5.02 Å². The Morgan fingerprint density at radius 3 is 2.59 bits per heavy atom. The van der Waals surface area contributed by atoms with Gasteiger partial charge in [0.05, 0.1) is 15.5 Å². The van der Waals surface area contributed by atoms with E-state index >= 15 is 0 Å². The second-order valence-electron chi connectivity index (χ2n) is 7.88. The summed E-state index contributed by atoms with van der Waals surface area (Å²) < 4.78 is 16.7. The number of carboxylic acid groups (broad SMARTS) is 1. The van der Waals surface area contributed by atoms with Crippen LogP contribution < -0.4 is 14.8 Å². The molecular weight excluding hydrogens is 524 g/mol. The van der Waals surface area contributed by atoms with Gasteiger partial charge in [0.1, 0.15) is 31.3 Å². The number of carbonyl (C=O) groups excluding carboxylic acids is 3. The van der Waals surface area contributed by atoms with Gasteiger partial charge in [-0.25, -0.2) is 4.79 Å². The number of hydrogen-bond acceptors (Lipinski definition) is 8. The molecule has 0 atom stereocenters. The van der Waals surface area contributed by atoms with Crippen molar-refractivity contribution in [1.82, 2.24) is 4.90 Å². The number of anilines is 1. The van der Waals surface area contributed by atoms with Crippen molar-refractivity contribution in [3.63, 3.8) is 0 Å². The average Bonchev–Trinajstić information content (AvgIpc) is 3.44. The first-order valence-electron chi connectivity index (χ1n) is 10.9. The number of halogens is 1. The Balaban J connectivity index is 1.25. The SMILES string of the molecule is O=C(CN1C(=O)S/C(=C\c2ccc(-c3ccc(C(=O)O)c(Cl)c3)o2)C1=O)Nc1ccc2c(c1)OCCO2. The van der Waals surface area contributed by atoms with Gasteiger partial charge in [0, 0.05) is 23.4 Å². The first-order valence-corrected chi connectivity index (χ1v) is 12.1. The van der Waals surface area contributed by atoms with Crippen molar-refractivity contribution in [2.75, 3.05) is 25.1 Å². The monoisotopic (exact) mass is 540 g/mol. The van der Waals surface area contributed by atoms with E-state index < -0.39 is 29.6 Å². The number of carbonyl (C=O) groups is 4. The van der Waals surface area contributed by atoms with Crippen LogP contribution in [-0.4, -0.2) is 52.8 Å². The average molecular weight is 541 g/mol. The smallest absolute Gasteiger partial charge is 0.337 e. The van der Waals surface area contributed by atoms with Gasteiger partial charge in [-0.15, -0.1) is 0 Å². The number of nitrogens with zero attached hydrogens (tertiary/aromatic N) is 1. The van der Waals surface area contributed by atoms with Crippen LogP contribution in [0, 0.1) is 0 Å². The molecule has 2 N–H and O–H groups in total. The summed E-state index contributed by atoms with van der Waals surface area (Å²) in [4.78, 5) is 49.8. The molecule has 2 aliphatic rings. The lowest BCUT2D eigenvalue weighted by Crippen LogP contribution is -2.36. The summed E-state index contributed by atoms with van der Waals surface area (Å²) in [6.07, 6.45) is 1.40. The predicted octanol–water partition coefficient (Wildman–Crippen LogP) is 4.74. The minimum Gasteiger partial charge on any atom is -0.486 e. The van der Waals surface area contributed by atoms with Crippen molar-refractivity contribution in [3.8, 4) is 22.8 Å². The van der Waals surface area contributed by atoms with Crippen LogP contribution in [0.3, 0.4) is 0 Å². The molecule has 37 heavy (non-hydrogen) atoms. The Hall–Kier alpha value is -4.22. The molecule has 0 bridgehead atoms. The number of hydrogen-bond donors (Lipinski definition) is 2. The van der Waals surface area contributed by atoms with Gasteiger partial charge in [0.15, 0.2) is 11.5 Å². The molecule has 2 aromatic carbocycles. The van der Waals surface area contributed by atoms with E-state index in [0.29, 0.717) is 59.2 Å². The largest absolute Gasteiger partial charge is 0.486 e. The molecule has 0 aliphatic carbocycles. The molecule has 3 amide bonds. The van der Waals surface area contributed by atoms with Gasteiger partial charge in [-0.2, -0.15) is 0 Å². The molecule has 0 spiro atoms. The molecule has 188 valence electrons. The summed E-state index contributed by atoms with van der Waals surface area (Å²) >= 11 is 6.72. The second kappa shape index (κ2) is 10.0. The minimum atomic E-state index is -1.15. The van der Waals surface area contributed by atoms with Crippen LogP contribution in [0.15, 0.2) is 57.9 Å². The maximum atomic E-state index is 12.8. The third kappa shape index (κ3) is 5.18. The van der Waals surface area contributed by atoms with E-state index in [2.05, 4.69) is 5.32 Å². The Labute approximate surface area is 218 Å². The van der Waals surface area contributed by atoms with E-state index in [1.807, 2.05) is 0 Å². The van der Waals surface area contributed by atoms with Crippen LogP contribution >= 0.6 is 23.4 Å². The molecule has 0 unspecified atom stereocenters. The summed E-state index contributed by atoms with van der Waals surface area (Å²) in [6.45, 7) is 0.378. The zero-order valence-electron chi connectivity index (χ0n) is 18.9. The van der Waals surface area contributed by atoms with E-state index in [1.165, 1.54) is 18.2 Å². The number of rotatable bonds is 6. The highest BCUT2D eigenvalue weighted by Crippen LogP contribution is 2.35. The number of nitrogens with one attached hydrogen (secondary N) is 1. The number of ether oxygens (including phenoxy) is 2. The first-order chi connectivity index (χ1) is 17.8. The maximum Gasteiger partial charge on any atom is 0.337 e. The Bertz CT molecular complexity index is 1480. The van der Waals surface area contributed by atoms with Gasteiger partial charge in [0.2, 0.25) is 5.91 Å². The number of carboxylic acids is 1. The van der Waals surface area contributed by atoms with Gasteiger partial charge in [0.25, 0.3) is 11.1 Å². The summed E-state index contributed by atoms with van der Waals surface area (Å²) in [6, 6.07) is 12.5. The Morgan fingerprint density at radius 1 is 1.05 bits per heavy atom. The zero-order chi connectivity index (χ0) is 26.1. The maximum absolute atomic E-state index is 12.8.